The number of furan rings is 1. The second-order valence-electron chi connectivity index (χ2n) is 8.83. The van der Waals surface area contributed by atoms with Crippen LogP contribution in [0.4, 0.5) is 24.5 Å². The number of hydrogen-bond acceptors (Lipinski definition) is 5. The van der Waals surface area contributed by atoms with E-state index in [1.165, 1.54) is 12.1 Å². The molecule has 37 heavy (non-hydrogen) atoms. The van der Waals surface area contributed by atoms with Gasteiger partial charge in [0.25, 0.3) is 5.91 Å². The molecule has 1 aliphatic heterocycles. The highest BCUT2D eigenvalue weighted by atomic mass is 19.4. The van der Waals surface area contributed by atoms with Gasteiger partial charge in [-0.3, -0.25) is 4.79 Å². The molecule has 2 heterocycles. The number of nitrogens with one attached hydrogen (secondary N) is 1. The maximum absolute atomic E-state index is 13.6. The van der Waals surface area contributed by atoms with E-state index in [1.54, 1.807) is 69.0 Å². The van der Waals surface area contributed by atoms with Crippen LogP contribution in [0.2, 0.25) is 0 Å². The number of halogens is 3. The topological polar surface area (TPSA) is 71.8 Å². The van der Waals surface area contributed by atoms with Gasteiger partial charge in [0.15, 0.2) is 0 Å². The first-order valence-corrected chi connectivity index (χ1v) is 11.9. The number of para-hydroxylation sites is 1. The minimum Gasteiger partial charge on any atom is -0.462 e. The third-order valence-corrected chi connectivity index (χ3v) is 6.32. The summed E-state index contributed by atoms with van der Waals surface area (Å²) in [6.07, 6.45) is -4.20. The van der Waals surface area contributed by atoms with Crippen molar-refractivity contribution in [3.8, 4) is 11.3 Å². The molecule has 9 heteroatoms. The number of ether oxygens (including phenoxy) is 1. The number of aryl methyl sites for hydroxylation is 1. The van der Waals surface area contributed by atoms with Gasteiger partial charge in [-0.25, -0.2) is 4.79 Å². The van der Waals surface area contributed by atoms with Crippen molar-refractivity contribution in [2.45, 2.75) is 46.3 Å². The Balaban J connectivity index is 1.53. The van der Waals surface area contributed by atoms with Crippen LogP contribution in [0.3, 0.4) is 0 Å². The summed E-state index contributed by atoms with van der Waals surface area (Å²) in [4.78, 5) is 26.7. The van der Waals surface area contributed by atoms with Gasteiger partial charge in [-0.05, 0) is 70.2 Å². The molecule has 0 fully saturated rings. The summed E-state index contributed by atoms with van der Waals surface area (Å²) in [7, 11) is 0. The maximum atomic E-state index is 13.6. The van der Waals surface area contributed by atoms with Crippen LogP contribution >= 0.6 is 0 Å². The van der Waals surface area contributed by atoms with Crippen molar-refractivity contribution in [1.82, 2.24) is 0 Å². The van der Waals surface area contributed by atoms with E-state index in [2.05, 4.69) is 5.32 Å². The van der Waals surface area contributed by atoms with Crippen molar-refractivity contribution in [2.75, 3.05) is 16.8 Å². The van der Waals surface area contributed by atoms with Crippen molar-refractivity contribution in [1.29, 1.82) is 0 Å². The fourth-order valence-corrected chi connectivity index (χ4v) is 4.57. The Bertz CT molecular complexity index is 1360. The monoisotopic (exact) mass is 512 g/mol. The summed E-state index contributed by atoms with van der Waals surface area (Å²) in [5.74, 6) is 0.101. The summed E-state index contributed by atoms with van der Waals surface area (Å²) in [5, 5.41) is 2.83. The van der Waals surface area contributed by atoms with E-state index in [0.717, 1.165) is 6.07 Å². The SMILES string of the molecule is CCOC(=O)c1cc(-c2ccc(NC(=O)C3=C(C)N(c4ccccc4C(F)(F)F)C(C)C3)cc2)oc1C. The average molecular weight is 513 g/mol. The highest BCUT2D eigenvalue weighted by Crippen LogP contribution is 2.42. The summed E-state index contributed by atoms with van der Waals surface area (Å²) < 4.78 is 51.5. The summed E-state index contributed by atoms with van der Waals surface area (Å²) in [6, 6.07) is 13.5. The molecule has 1 aromatic heterocycles. The number of anilines is 2. The lowest BCUT2D eigenvalue weighted by Gasteiger charge is -2.28. The highest BCUT2D eigenvalue weighted by Gasteiger charge is 2.38. The highest BCUT2D eigenvalue weighted by molar-refractivity contribution is 6.05. The van der Waals surface area contributed by atoms with Gasteiger partial charge < -0.3 is 19.4 Å². The number of esters is 1. The van der Waals surface area contributed by atoms with Gasteiger partial charge in [-0.1, -0.05) is 12.1 Å². The molecule has 194 valence electrons. The Labute approximate surface area is 212 Å². The minimum atomic E-state index is -4.51. The van der Waals surface area contributed by atoms with E-state index in [4.69, 9.17) is 9.15 Å². The smallest absolute Gasteiger partial charge is 0.418 e. The molecule has 1 N–H and O–H groups in total. The third kappa shape index (κ3) is 5.26. The zero-order valence-electron chi connectivity index (χ0n) is 20.9. The van der Waals surface area contributed by atoms with Crippen molar-refractivity contribution in [3.63, 3.8) is 0 Å². The quantitative estimate of drug-likeness (QED) is 0.362. The predicted molar refractivity (Wildman–Crippen MR) is 134 cm³/mol. The Hall–Kier alpha value is -4.01. The van der Waals surface area contributed by atoms with Gasteiger partial charge in [-0.15, -0.1) is 0 Å². The number of amides is 1. The molecule has 0 spiro atoms. The number of nitrogens with zero attached hydrogens (tertiary/aromatic N) is 1. The number of allylic oxidation sites excluding steroid dienone is 1. The van der Waals surface area contributed by atoms with Crippen LogP contribution < -0.4 is 10.2 Å². The van der Waals surface area contributed by atoms with E-state index in [-0.39, 0.29) is 24.2 Å². The number of benzene rings is 2. The normalized spacial score (nSPS) is 15.8. The van der Waals surface area contributed by atoms with Crippen LogP contribution in [0.5, 0.6) is 0 Å². The molecule has 1 atom stereocenters. The molecular formula is C28H27F3N2O4. The molecular weight excluding hydrogens is 485 g/mol. The first-order valence-electron chi connectivity index (χ1n) is 11.9. The van der Waals surface area contributed by atoms with E-state index in [1.807, 2.05) is 0 Å². The molecule has 0 bridgehead atoms. The zero-order chi connectivity index (χ0) is 26.9. The molecule has 1 aliphatic rings. The van der Waals surface area contributed by atoms with Crippen molar-refractivity contribution in [3.05, 3.63) is 82.8 Å². The molecule has 1 amide bonds. The second-order valence-corrected chi connectivity index (χ2v) is 8.83. The fourth-order valence-electron chi connectivity index (χ4n) is 4.57. The molecule has 1 unspecified atom stereocenters. The third-order valence-electron chi connectivity index (χ3n) is 6.32. The van der Waals surface area contributed by atoms with Gasteiger partial charge in [0, 0.05) is 35.0 Å². The molecule has 6 nitrogen and oxygen atoms in total. The largest absolute Gasteiger partial charge is 0.462 e. The molecule has 0 aliphatic carbocycles. The van der Waals surface area contributed by atoms with E-state index < -0.39 is 17.7 Å². The van der Waals surface area contributed by atoms with E-state index in [9.17, 15) is 22.8 Å². The lowest BCUT2D eigenvalue weighted by molar-refractivity contribution is -0.137. The van der Waals surface area contributed by atoms with Crippen molar-refractivity contribution in [2.24, 2.45) is 0 Å². The molecule has 0 radical (unpaired) electrons. The molecule has 4 rings (SSSR count). The summed E-state index contributed by atoms with van der Waals surface area (Å²) in [6.45, 7) is 7.12. The summed E-state index contributed by atoms with van der Waals surface area (Å²) >= 11 is 0. The number of rotatable bonds is 6. The molecule has 0 saturated heterocycles. The number of carbonyl (C=O) groups is 2. The lowest BCUT2D eigenvalue weighted by atomic mass is 10.1. The van der Waals surface area contributed by atoms with E-state index in [0.29, 0.717) is 46.0 Å². The summed E-state index contributed by atoms with van der Waals surface area (Å²) in [5.41, 5.74) is 1.77. The van der Waals surface area contributed by atoms with Gasteiger partial charge in [0.05, 0.1) is 17.9 Å². The molecule has 2 aromatic carbocycles. The lowest BCUT2D eigenvalue weighted by Crippen LogP contribution is -2.28. The Morgan fingerprint density at radius 2 is 1.78 bits per heavy atom. The van der Waals surface area contributed by atoms with Gasteiger partial charge in [0.2, 0.25) is 0 Å². The first kappa shape index (κ1) is 26.1. The van der Waals surface area contributed by atoms with Crippen LogP contribution in [-0.2, 0) is 15.7 Å². The molecule has 0 saturated carbocycles. The second kappa shape index (κ2) is 10.2. The van der Waals surface area contributed by atoms with Crippen LogP contribution in [0.25, 0.3) is 11.3 Å². The van der Waals surface area contributed by atoms with Crippen LogP contribution in [0, 0.1) is 6.92 Å². The Kier molecular flexibility index (Phi) is 7.16. The number of carbonyl (C=O) groups excluding carboxylic acids is 2. The molecule has 3 aromatic rings. The minimum absolute atomic E-state index is 0.0306. The first-order chi connectivity index (χ1) is 17.5. The number of alkyl halides is 3. The predicted octanol–water partition coefficient (Wildman–Crippen LogP) is 6.96. The van der Waals surface area contributed by atoms with Crippen molar-refractivity contribution >= 4 is 23.3 Å². The van der Waals surface area contributed by atoms with Gasteiger partial charge in [0.1, 0.15) is 17.1 Å². The van der Waals surface area contributed by atoms with Crippen LogP contribution in [0.15, 0.2) is 70.3 Å². The standard InChI is InChI=1S/C28H27F3N2O4/c1-5-36-27(35)22-15-25(37-18(22)4)19-10-12-20(13-11-19)32-26(34)21-14-16(2)33(17(21)3)24-9-7-6-8-23(24)28(29,30)31/h6-13,15-16H,5,14H2,1-4H3,(H,32,34). The van der Waals surface area contributed by atoms with Crippen molar-refractivity contribution < 1.29 is 31.9 Å². The van der Waals surface area contributed by atoms with Gasteiger partial charge >= 0.3 is 12.1 Å². The Morgan fingerprint density at radius 3 is 2.43 bits per heavy atom. The average Bonchev–Trinajstić information content (AvgIpc) is 3.38. The zero-order valence-corrected chi connectivity index (χ0v) is 20.9. The maximum Gasteiger partial charge on any atom is 0.418 e. The fraction of sp³-hybridized carbons (Fsp3) is 0.286. The van der Waals surface area contributed by atoms with Gasteiger partial charge in [-0.2, -0.15) is 13.2 Å². The van der Waals surface area contributed by atoms with Crippen LogP contribution in [0.1, 0.15) is 48.9 Å². The van der Waals surface area contributed by atoms with E-state index >= 15 is 0 Å². The van der Waals surface area contributed by atoms with Crippen LogP contribution in [-0.4, -0.2) is 24.5 Å². The Morgan fingerprint density at radius 1 is 1.11 bits per heavy atom. The number of hydrogen-bond donors (Lipinski definition) is 1.